The third kappa shape index (κ3) is 4.25. The van der Waals surface area contributed by atoms with Gasteiger partial charge in [0.2, 0.25) is 0 Å². The minimum atomic E-state index is -2.16. The van der Waals surface area contributed by atoms with Crippen LogP contribution < -0.4 is 0 Å². The zero-order valence-electron chi connectivity index (χ0n) is 13.8. The lowest BCUT2D eigenvalue weighted by molar-refractivity contribution is -0.137. The van der Waals surface area contributed by atoms with Gasteiger partial charge in [-0.05, 0) is 25.1 Å². The molecule has 2 aromatic carbocycles. The molecule has 0 atom stereocenters. The van der Waals surface area contributed by atoms with Gasteiger partial charge in [0, 0.05) is 6.21 Å². The largest absolute Gasteiger partial charge is 0.506 e. The smallest absolute Gasteiger partial charge is 0.343 e. The first kappa shape index (κ1) is 20.0. The minimum absolute atomic E-state index is 0.0102. The Labute approximate surface area is 150 Å². The highest BCUT2D eigenvalue weighted by atomic mass is 19.2. The summed E-state index contributed by atoms with van der Waals surface area (Å²) < 4.78 is 58.5. The fourth-order valence-corrected chi connectivity index (χ4v) is 2.02. The number of hydrogen-bond acceptors (Lipinski definition) is 5. The number of ether oxygens (including phenoxy) is 1. The Balaban J connectivity index is 2.63. The summed E-state index contributed by atoms with van der Waals surface area (Å²) in [6.07, 6.45) is 0.723. The molecule has 0 heterocycles. The Morgan fingerprint density at radius 2 is 1.81 bits per heavy atom. The van der Waals surface area contributed by atoms with Gasteiger partial charge < -0.3 is 14.9 Å². The molecule has 0 fully saturated rings. The van der Waals surface area contributed by atoms with Gasteiger partial charge in [-0.15, -0.1) is 0 Å². The van der Waals surface area contributed by atoms with Gasteiger partial charge in [-0.2, -0.15) is 0 Å². The monoisotopic (exact) mass is 383 g/mol. The third-order valence-electron chi connectivity index (χ3n) is 3.32. The number of carbonyl (C=O) groups is 1. The second kappa shape index (κ2) is 8.35. The van der Waals surface area contributed by atoms with E-state index in [9.17, 15) is 32.6 Å². The van der Waals surface area contributed by atoms with E-state index in [0.717, 1.165) is 6.21 Å². The van der Waals surface area contributed by atoms with Crippen molar-refractivity contribution in [3.05, 3.63) is 64.7 Å². The molecule has 142 valence electrons. The van der Waals surface area contributed by atoms with Gasteiger partial charge in [0.15, 0.2) is 23.3 Å². The molecule has 0 amide bonds. The van der Waals surface area contributed by atoms with Crippen LogP contribution >= 0.6 is 0 Å². The number of benzene rings is 2. The van der Waals surface area contributed by atoms with Crippen LogP contribution in [0.2, 0.25) is 0 Å². The van der Waals surface area contributed by atoms with Crippen molar-refractivity contribution in [1.82, 2.24) is 0 Å². The molecule has 2 N–H and O–H groups in total. The van der Waals surface area contributed by atoms with Crippen LogP contribution in [0.5, 0.6) is 5.75 Å². The lowest BCUT2D eigenvalue weighted by atomic mass is 10.1. The van der Waals surface area contributed by atoms with E-state index >= 15 is 0 Å². The summed E-state index contributed by atoms with van der Waals surface area (Å²) in [6.45, 7) is 1.32. The van der Waals surface area contributed by atoms with E-state index in [1.165, 1.54) is 31.2 Å². The molecule has 0 aliphatic heterocycles. The Kier molecular flexibility index (Phi) is 6.17. The summed E-state index contributed by atoms with van der Waals surface area (Å²) in [4.78, 5) is 15.8. The van der Waals surface area contributed by atoms with Crippen molar-refractivity contribution >= 4 is 23.6 Å². The fourth-order valence-electron chi connectivity index (χ4n) is 2.02. The van der Waals surface area contributed by atoms with Crippen LogP contribution in [0.4, 0.5) is 23.2 Å². The lowest BCUT2D eigenvalue weighted by Gasteiger charge is -2.09. The number of aliphatic hydroxyl groups excluding tert-OH is 1. The number of aliphatic imine (C=N–C) groups is 1. The molecule has 2 aromatic rings. The summed E-state index contributed by atoms with van der Waals surface area (Å²) in [5.41, 5.74) is -1.87. The number of halogens is 4. The molecule has 0 bridgehead atoms. The lowest BCUT2D eigenvalue weighted by Crippen LogP contribution is -2.12. The number of phenols is 1. The Bertz CT molecular complexity index is 941. The maximum absolute atomic E-state index is 13.9. The molecule has 0 radical (unpaired) electrons. The Hall–Kier alpha value is -3.36. The van der Waals surface area contributed by atoms with Crippen molar-refractivity contribution in [3.8, 4) is 5.75 Å². The van der Waals surface area contributed by atoms with E-state index in [-0.39, 0.29) is 24.1 Å². The van der Waals surface area contributed by atoms with Gasteiger partial charge in [-0.3, -0.25) is 4.99 Å². The van der Waals surface area contributed by atoms with E-state index in [0.29, 0.717) is 0 Å². The number of hydrogen-bond donors (Lipinski definition) is 2. The maximum Gasteiger partial charge on any atom is 0.343 e. The molecule has 0 saturated carbocycles. The SMILES string of the molecule is CCOC(=O)C(C=Nc1ccccc1O)=C(O)c1cc(F)c(F)c(F)c1F. The molecule has 0 unspecified atom stereocenters. The molecule has 2 rings (SSSR count). The number of para-hydroxylation sites is 2. The summed E-state index contributed by atoms with van der Waals surface area (Å²) in [5, 5.41) is 19.8. The van der Waals surface area contributed by atoms with Crippen LogP contribution in [0.25, 0.3) is 5.76 Å². The number of phenolic OH excluding ortho intramolecular Hbond substituents is 1. The van der Waals surface area contributed by atoms with Crippen molar-refractivity contribution in [2.75, 3.05) is 6.61 Å². The normalized spacial score (nSPS) is 12.2. The predicted molar refractivity (Wildman–Crippen MR) is 88.7 cm³/mol. The number of nitrogens with zero attached hydrogens (tertiary/aromatic N) is 1. The molecule has 0 aliphatic carbocycles. The van der Waals surface area contributed by atoms with Crippen LogP contribution in [0.1, 0.15) is 12.5 Å². The Morgan fingerprint density at radius 3 is 2.44 bits per heavy atom. The molecule has 5 nitrogen and oxygen atoms in total. The Morgan fingerprint density at radius 1 is 1.15 bits per heavy atom. The van der Waals surface area contributed by atoms with Crippen LogP contribution in [-0.2, 0) is 9.53 Å². The van der Waals surface area contributed by atoms with Gasteiger partial charge in [0.05, 0.1) is 12.2 Å². The van der Waals surface area contributed by atoms with E-state index in [4.69, 9.17) is 4.74 Å². The first-order chi connectivity index (χ1) is 12.8. The summed E-state index contributed by atoms with van der Waals surface area (Å²) in [7, 11) is 0. The predicted octanol–water partition coefficient (Wildman–Crippen LogP) is 4.18. The maximum atomic E-state index is 13.9. The number of aliphatic hydroxyl groups is 1. The zero-order chi connectivity index (χ0) is 20.1. The van der Waals surface area contributed by atoms with E-state index in [1.807, 2.05) is 0 Å². The molecule has 0 spiro atoms. The molecular weight excluding hydrogens is 370 g/mol. The van der Waals surface area contributed by atoms with E-state index < -0.39 is 46.1 Å². The summed E-state index contributed by atoms with van der Waals surface area (Å²) in [5.74, 6) is -10.6. The average molecular weight is 383 g/mol. The standard InChI is InChI=1S/C18H13F4NO4/c1-2-27-18(26)10(8-23-12-5-3-4-6-13(12)24)17(25)9-7-11(19)15(21)16(22)14(9)20/h3-8,24-25H,2H2,1H3. The van der Waals surface area contributed by atoms with Crippen molar-refractivity contribution in [3.63, 3.8) is 0 Å². The first-order valence-electron chi connectivity index (χ1n) is 7.53. The average Bonchev–Trinajstić information content (AvgIpc) is 2.64. The number of carbonyl (C=O) groups excluding carboxylic acids is 1. The van der Waals surface area contributed by atoms with Gasteiger partial charge in [-0.1, -0.05) is 12.1 Å². The quantitative estimate of drug-likeness (QED) is 0.154. The van der Waals surface area contributed by atoms with Gasteiger partial charge >= 0.3 is 5.97 Å². The molecule has 0 saturated heterocycles. The highest BCUT2D eigenvalue weighted by Crippen LogP contribution is 2.27. The van der Waals surface area contributed by atoms with Crippen LogP contribution in [0.3, 0.4) is 0 Å². The van der Waals surface area contributed by atoms with Crippen molar-refractivity contribution in [1.29, 1.82) is 0 Å². The van der Waals surface area contributed by atoms with Gasteiger partial charge in [0.1, 0.15) is 22.8 Å². The third-order valence-corrected chi connectivity index (χ3v) is 3.32. The topological polar surface area (TPSA) is 79.1 Å². The second-order valence-electron chi connectivity index (χ2n) is 5.08. The molecule has 0 aromatic heterocycles. The minimum Gasteiger partial charge on any atom is -0.506 e. The van der Waals surface area contributed by atoms with E-state index in [1.54, 1.807) is 0 Å². The molecule has 9 heteroatoms. The highest BCUT2D eigenvalue weighted by Gasteiger charge is 2.25. The van der Waals surface area contributed by atoms with Crippen LogP contribution in [-0.4, -0.2) is 29.0 Å². The van der Waals surface area contributed by atoms with Crippen molar-refractivity contribution in [2.24, 2.45) is 4.99 Å². The molecular formula is C18H13F4NO4. The van der Waals surface area contributed by atoms with Gasteiger partial charge in [0.25, 0.3) is 0 Å². The van der Waals surface area contributed by atoms with Crippen LogP contribution in [0.15, 0.2) is 40.9 Å². The van der Waals surface area contributed by atoms with Crippen LogP contribution in [0, 0.1) is 23.3 Å². The zero-order valence-corrected chi connectivity index (χ0v) is 13.8. The first-order valence-corrected chi connectivity index (χ1v) is 7.53. The van der Waals surface area contributed by atoms with Crippen molar-refractivity contribution < 1.29 is 37.3 Å². The fraction of sp³-hybridized carbons (Fsp3) is 0.111. The molecule has 0 aliphatic rings. The number of rotatable bonds is 5. The molecule has 27 heavy (non-hydrogen) atoms. The summed E-state index contributed by atoms with van der Waals surface area (Å²) >= 11 is 0. The second-order valence-corrected chi connectivity index (χ2v) is 5.08. The van der Waals surface area contributed by atoms with Crippen molar-refractivity contribution in [2.45, 2.75) is 6.92 Å². The van der Waals surface area contributed by atoms with E-state index in [2.05, 4.69) is 4.99 Å². The van der Waals surface area contributed by atoms with Gasteiger partial charge in [-0.25, -0.2) is 22.4 Å². The number of aromatic hydroxyl groups is 1. The summed E-state index contributed by atoms with van der Waals surface area (Å²) in [6, 6.07) is 5.88. The highest BCUT2D eigenvalue weighted by molar-refractivity contribution is 6.15. The number of esters is 1.